The lowest BCUT2D eigenvalue weighted by atomic mass is 9.93. The minimum atomic E-state index is -0.807. The number of nitrogens with two attached hydrogens (primary N) is 1. The monoisotopic (exact) mass is 239 g/mol. The number of thiazole rings is 1. The maximum atomic E-state index is 10.3. The average molecular weight is 239 g/mol. The van der Waals surface area contributed by atoms with Gasteiger partial charge in [-0.2, -0.15) is 0 Å². The summed E-state index contributed by atoms with van der Waals surface area (Å²) in [6.07, 6.45) is 6.11. The number of imidazole rings is 1. The number of hydrogen-bond acceptors (Lipinski definition) is 4. The molecule has 0 saturated heterocycles. The minimum absolute atomic E-state index is 0.284. The summed E-state index contributed by atoms with van der Waals surface area (Å²) in [6, 6.07) is 0. The van der Waals surface area contributed by atoms with Gasteiger partial charge in [0.1, 0.15) is 0 Å². The summed E-state index contributed by atoms with van der Waals surface area (Å²) in [7, 11) is 0. The van der Waals surface area contributed by atoms with Crippen molar-refractivity contribution in [3.8, 4) is 0 Å². The van der Waals surface area contributed by atoms with E-state index < -0.39 is 5.60 Å². The van der Waals surface area contributed by atoms with Gasteiger partial charge in [0.15, 0.2) is 4.96 Å². The third-order valence-electron chi connectivity index (χ3n) is 2.75. The summed E-state index contributed by atoms with van der Waals surface area (Å²) in [6.45, 7) is 2.33. The van der Waals surface area contributed by atoms with Gasteiger partial charge < -0.3 is 10.8 Å². The van der Waals surface area contributed by atoms with Crippen molar-refractivity contribution in [2.75, 3.05) is 6.54 Å². The van der Waals surface area contributed by atoms with Gasteiger partial charge in [-0.15, -0.1) is 11.3 Å². The SMILES string of the molecule is CCCC(O)(CN)Cc1cn2ccsc2n1. The molecule has 0 radical (unpaired) electrons. The van der Waals surface area contributed by atoms with E-state index in [0.29, 0.717) is 12.8 Å². The molecule has 0 aliphatic rings. The van der Waals surface area contributed by atoms with Gasteiger partial charge in [-0.3, -0.25) is 4.40 Å². The summed E-state index contributed by atoms with van der Waals surface area (Å²) < 4.78 is 1.98. The predicted octanol–water partition coefficient (Wildman–Crippen LogP) is 1.43. The zero-order valence-corrected chi connectivity index (χ0v) is 10.2. The van der Waals surface area contributed by atoms with Gasteiger partial charge >= 0.3 is 0 Å². The molecule has 0 amide bonds. The van der Waals surface area contributed by atoms with E-state index in [1.165, 1.54) is 0 Å². The van der Waals surface area contributed by atoms with E-state index in [2.05, 4.69) is 4.98 Å². The van der Waals surface area contributed by atoms with Crippen molar-refractivity contribution in [1.29, 1.82) is 0 Å². The lowest BCUT2D eigenvalue weighted by Crippen LogP contribution is -2.39. The molecule has 5 heteroatoms. The van der Waals surface area contributed by atoms with Crippen LogP contribution in [0.15, 0.2) is 17.8 Å². The van der Waals surface area contributed by atoms with E-state index in [1.807, 2.05) is 29.1 Å². The van der Waals surface area contributed by atoms with Crippen LogP contribution in [-0.4, -0.2) is 26.6 Å². The van der Waals surface area contributed by atoms with Gasteiger partial charge in [-0.25, -0.2) is 4.98 Å². The first-order valence-corrected chi connectivity index (χ1v) is 6.38. The Balaban J connectivity index is 2.16. The fraction of sp³-hybridized carbons (Fsp3) is 0.545. The first kappa shape index (κ1) is 11.6. The Morgan fingerprint density at radius 3 is 3.06 bits per heavy atom. The van der Waals surface area contributed by atoms with Crippen LogP contribution < -0.4 is 5.73 Å². The molecule has 16 heavy (non-hydrogen) atoms. The minimum Gasteiger partial charge on any atom is -0.388 e. The molecule has 3 N–H and O–H groups in total. The predicted molar refractivity (Wildman–Crippen MR) is 65.7 cm³/mol. The molecule has 1 atom stereocenters. The summed E-state index contributed by atoms with van der Waals surface area (Å²) in [5.41, 5.74) is 5.73. The Bertz CT molecular complexity index is 436. The number of fused-ring (bicyclic) bond motifs is 1. The number of aromatic nitrogens is 2. The lowest BCUT2D eigenvalue weighted by molar-refractivity contribution is 0.0391. The second-order valence-corrected chi connectivity index (χ2v) is 5.05. The van der Waals surface area contributed by atoms with E-state index in [0.717, 1.165) is 17.1 Å². The summed E-state index contributed by atoms with van der Waals surface area (Å²) >= 11 is 1.59. The molecule has 0 aliphatic carbocycles. The molecule has 0 aliphatic heterocycles. The van der Waals surface area contributed by atoms with Crippen LogP contribution in [0, 0.1) is 0 Å². The van der Waals surface area contributed by atoms with Crippen LogP contribution >= 0.6 is 11.3 Å². The van der Waals surface area contributed by atoms with Crippen molar-refractivity contribution < 1.29 is 5.11 Å². The lowest BCUT2D eigenvalue weighted by Gasteiger charge is -2.24. The molecule has 0 saturated carbocycles. The van der Waals surface area contributed by atoms with E-state index in [4.69, 9.17) is 5.73 Å². The first-order valence-electron chi connectivity index (χ1n) is 5.50. The van der Waals surface area contributed by atoms with E-state index in [9.17, 15) is 5.11 Å². The van der Waals surface area contributed by atoms with Crippen LogP contribution in [0.3, 0.4) is 0 Å². The second kappa shape index (κ2) is 4.53. The third kappa shape index (κ3) is 2.26. The van der Waals surface area contributed by atoms with Crippen molar-refractivity contribution in [3.63, 3.8) is 0 Å². The van der Waals surface area contributed by atoms with Crippen molar-refractivity contribution in [3.05, 3.63) is 23.5 Å². The molecule has 2 rings (SSSR count). The molecule has 2 heterocycles. The Kier molecular flexibility index (Phi) is 3.28. The highest BCUT2D eigenvalue weighted by molar-refractivity contribution is 7.15. The molecular weight excluding hydrogens is 222 g/mol. The number of hydrogen-bond donors (Lipinski definition) is 2. The molecule has 2 aromatic rings. The molecule has 4 nitrogen and oxygen atoms in total. The summed E-state index contributed by atoms with van der Waals surface area (Å²) in [5, 5.41) is 12.3. The first-order chi connectivity index (χ1) is 7.67. The number of aliphatic hydroxyl groups is 1. The quantitative estimate of drug-likeness (QED) is 0.829. The van der Waals surface area contributed by atoms with Crippen LogP contribution in [0.25, 0.3) is 4.96 Å². The Labute approximate surface area is 98.7 Å². The van der Waals surface area contributed by atoms with Gasteiger partial charge in [-0.05, 0) is 6.42 Å². The normalized spacial score (nSPS) is 15.4. The van der Waals surface area contributed by atoms with Crippen LogP contribution in [0.1, 0.15) is 25.5 Å². The molecule has 0 bridgehead atoms. The zero-order chi connectivity index (χ0) is 11.6. The molecule has 0 fully saturated rings. The van der Waals surface area contributed by atoms with Crippen molar-refractivity contribution in [2.45, 2.75) is 31.8 Å². The van der Waals surface area contributed by atoms with Gasteiger partial charge in [0.25, 0.3) is 0 Å². The highest BCUT2D eigenvalue weighted by Gasteiger charge is 2.25. The number of nitrogens with zero attached hydrogens (tertiary/aromatic N) is 2. The standard InChI is InChI=1S/C11H17N3OS/c1-2-3-11(15,8-12)6-9-7-14-4-5-16-10(14)13-9/h4-5,7,15H,2-3,6,8,12H2,1H3. The van der Waals surface area contributed by atoms with E-state index in [-0.39, 0.29) is 6.54 Å². The molecule has 0 aromatic carbocycles. The van der Waals surface area contributed by atoms with Crippen LogP contribution in [-0.2, 0) is 6.42 Å². The molecule has 0 spiro atoms. The third-order valence-corrected chi connectivity index (χ3v) is 3.52. The highest BCUT2D eigenvalue weighted by atomic mass is 32.1. The van der Waals surface area contributed by atoms with Crippen LogP contribution in [0.5, 0.6) is 0 Å². The van der Waals surface area contributed by atoms with Crippen molar-refractivity contribution in [2.24, 2.45) is 5.73 Å². The van der Waals surface area contributed by atoms with Gasteiger partial charge in [0, 0.05) is 30.7 Å². The Morgan fingerprint density at radius 1 is 1.62 bits per heavy atom. The van der Waals surface area contributed by atoms with Crippen molar-refractivity contribution >= 4 is 16.3 Å². The zero-order valence-electron chi connectivity index (χ0n) is 9.39. The molecule has 88 valence electrons. The summed E-state index contributed by atoms with van der Waals surface area (Å²) in [5.74, 6) is 0. The highest BCUT2D eigenvalue weighted by Crippen LogP contribution is 2.19. The van der Waals surface area contributed by atoms with E-state index in [1.54, 1.807) is 11.3 Å². The Hall–Kier alpha value is -0.910. The van der Waals surface area contributed by atoms with Gasteiger partial charge in [0.05, 0.1) is 11.3 Å². The largest absolute Gasteiger partial charge is 0.388 e. The number of rotatable bonds is 5. The fourth-order valence-electron chi connectivity index (χ4n) is 1.93. The maximum absolute atomic E-state index is 10.3. The molecular formula is C11H17N3OS. The average Bonchev–Trinajstić information content (AvgIpc) is 2.78. The second-order valence-electron chi connectivity index (χ2n) is 4.18. The van der Waals surface area contributed by atoms with Gasteiger partial charge in [-0.1, -0.05) is 13.3 Å². The Morgan fingerprint density at radius 2 is 2.44 bits per heavy atom. The van der Waals surface area contributed by atoms with Gasteiger partial charge in [0.2, 0.25) is 0 Å². The summed E-state index contributed by atoms with van der Waals surface area (Å²) in [4.78, 5) is 5.42. The van der Waals surface area contributed by atoms with Crippen LogP contribution in [0.4, 0.5) is 0 Å². The van der Waals surface area contributed by atoms with E-state index >= 15 is 0 Å². The van der Waals surface area contributed by atoms with Crippen LogP contribution in [0.2, 0.25) is 0 Å². The topological polar surface area (TPSA) is 63.5 Å². The maximum Gasteiger partial charge on any atom is 0.193 e. The molecule has 1 unspecified atom stereocenters. The van der Waals surface area contributed by atoms with Crippen molar-refractivity contribution in [1.82, 2.24) is 9.38 Å². The smallest absolute Gasteiger partial charge is 0.193 e. The molecule has 2 aromatic heterocycles. The fourth-order valence-corrected chi connectivity index (χ4v) is 2.65.